The molecule has 0 atom stereocenters. The molecule has 0 saturated heterocycles. The van der Waals surface area contributed by atoms with Crippen molar-refractivity contribution in [1.29, 1.82) is 5.26 Å². The van der Waals surface area contributed by atoms with Gasteiger partial charge in [-0.05, 0) is 43.7 Å². The zero-order chi connectivity index (χ0) is 27.8. The topological polar surface area (TPSA) is 119 Å². The molecule has 4 rings (SSSR count). The summed E-state index contributed by atoms with van der Waals surface area (Å²) in [5.41, 5.74) is 2.56. The van der Waals surface area contributed by atoms with Gasteiger partial charge in [-0.3, -0.25) is 4.79 Å². The summed E-state index contributed by atoms with van der Waals surface area (Å²) in [6.07, 6.45) is 1.32. The third-order valence-corrected chi connectivity index (χ3v) is 6.44. The van der Waals surface area contributed by atoms with E-state index in [4.69, 9.17) is 13.9 Å². The minimum atomic E-state index is -0.693. The second-order valence-corrected chi connectivity index (χ2v) is 8.94. The van der Waals surface area contributed by atoms with Crippen LogP contribution in [0, 0.1) is 11.3 Å². The predicted octanol–water partition coefficient (Wildman–Crippen LogP) is 6.57. The molecule has 0 unspecified atom stereocenters. The summed E-state index contributed by atoms with van der Waals surface area (Å²) in [6, 6.07) is 21.2. The number of ether oxygens (including phenoxy) is 2. The van der Waals surface area contributed by atoms with Gasteiger partial charge in [-0.25, -0.2) is 9.59 Å². The van der Waals surface area contributed by atoms with Crippen LogP contribution in [0.2, 0.25) is 0 Å². The third-order valence-electron chi connectivity index (χ3n) is 5.54. The van der Waals surface area contributed by atoms with Crippen molar-refractivity contribution in [3.8, 4) is 28.5 Å². The number of hydrogen-bond donors (Lipinski definition) is 1. The highest BCUT2D eigenvalue weighted by atomic mass is 32.1. The number of nitriles is 1. The number of nitrogens with one attached hydrogen (secondary N) is 1. The lowest BCUT2D eigenvalue weighted by Gasteiger charge is -2.08. The third kappa shape index (κ3) is 6.32. The Morgan fingerprint density at radius 2 is 1.62 bits per heavy atom. The molecule has 0 radical (unpaired) electrons. The smallest absolute Gasteiger partial charge is 0.341 e. The lowest BCUT2D eigenvalue weighted by atomic mass is 10.0. The maximum Gasteiger partial charge on any atom is 0.341 e. The number of amides is 1. The number of thiophene rings is 1. The summed E-state index contributed by atoms with van der Waals surface area (Å²) < 4.78 is 16.0. The standard InChI is InChI=1S/C30H24N2O6S/c1-3-36-29(34)21-12-10-20(11-13-21)25-15-14-23(38-25)16-22(17-31)27(33)32-28-26(30(35)37-4-2)24(18-39-28)19-8-6-5-7-9-19/h5-16,18H,3-4H2,1-2H3,(H,32,33)/b22-16+. The molecule has 0 aliphatic rings. The van der Waals surface area contributed by atoms with Gasteiger partial charge in [0.1, 0.15) is 33.7 Å². The molecule has 196 valence electrons. The summed E-state index contributed by atoms with van der Waals surface area (Å²) in [6.45, 7) is 3.90. The van der Waals surface area contributed by atoms with Crippen LogP contribution in [0.5, 0.6) is 0 Å². The number of nitrogens with zero attached hydrogens (tertiary/aromatic N) is 1. The number of carbonyl (C=O) groups is 3. The molecule has 0 fully saturated rings. The highest BCUT2D eigenvalue weighted by Crippen LogP contribution is 2.36. The molecule has 0 bridgehead atoms. The van der Waals surface area contributed by atoms with Crippen LogP contribution in [0.25, 0.3) is 28.5 Å². The fourth-order valence-corrected chi connectivity index (χ4v) is 4.67. The first-order chi connectivity index (χ1) is 18.9. The molecule has 8 nitrogen and oxygen atoms in total. The van der Waals surface area contributed by atoms with Crippen molar-refractivity contribution >= 4 is 40.3 Å². The summed E-state index contributed by atoms with van der Waals surface area (Å²) in [4.78, 5) is 37.7. The van der Waals surface area contributed by atoms with Crippen LogP contribution in [0.1, 0.15) is 40.3 Å². The fourth-order valence-electron chi connectivity index (χ4n) is 3.72. The molecule has 0 saturated carbocycles. The zero-order valence-corrected chi connectivity index (χ0v) is 22.0. The maximum absolute atomic E-state index is 13.0. The normalized spacial score (nSPS) is 10.9. The van der Waals surface area contributed by atoms with E-state index in [0.29, 0.717) is 22.5 Å². The molecule has 1 N–H and O–H groups in total. The van der Waals surface area contributed by atoms with Gasteiger partial charge < -0.3 is 19.2 Å². The molecule has 2 aromatic heterocycles. The minimum absolute atomic E-state index is 0.173. The van der Waals surface area contributed by atoms with Crippen LogP contribution in [-0.4, -0.2) is 31.1 Å². The Morgan fingerprint density at radius 3 is 2.28 bits per heavy atom. The van der Waals surface area contributed by atoms with Gasteiger partial charge in [0.2, 0.25) is 0 Å². The van der Waals surface area contributed by atoms with Gasteiger partial charge >= 0.3 is 11.9 Å². The van der Waals surface area contributed by atoms with Crippen LogP contribution in [0.4, 0.5) is 5.00 Å². The summed E-state index contributed by atoms with van der Waals surface area (Å²) in [7, 11) is 0. The van der Waals surface area contributed by atoms with Crippen molar-refractivity contribution in [1.82, 2.24) is 0 Å². The molecule has 39 heavy (non-hydrogen) atoms. The van der Waals surface area contributed by atoms with E-state index in [2.05, 4.69) is 5.32 Å². The zero-order valence-electron chi connectivity index (χ0n) is 21.2. The van der Waals surface area contributed by atoms with Crippen molar-refractivity contribution < 1.29 is 28.3 Å². The monoisotopic (exact) mass is 540 g/mol. The van der Waals surface area contributed by atoms with E-state index in [1.54, 1.807) is 55.6 Å². The van der Waals surface area contributed by atoms with Crippen molar-refractivity contribution in [2.75, 3.05) is 18.5 Å². The lowest BCUT2D eigenvalue weighted by Crippen LogP contribution is -2.16. The van der Waals surface area contributed by atoms with E-state index in [1.165, 1.54) is 17.4 Å². The Morgan fingerprint density at radius 1 is 0.923 bits per heavy atom. The largest absolute Gasteiger partial charge is 0.462 e. The Kier molecular flexibility index (Phi) is 8.71. The van der Waals surface area contributed by atoms with E-state index < -0.39 is 17.8 Å². The van der Waals surface area contributed by atoms with Crippen LogP contribution in [0.3, 0.4) is 0 Å². The molecule has 0 aliphatic carbocycles. The number of furan rings is 1. The Balaban J connectivity index is 1.56. The average Bonchev–Trinajstić information content (AvgIpc) is 3.60. The second kappa shape index (κ2) is 12.5. The number of anilines is 1. The maximum atomic E-state index is 13.0. The first-order valence-corrected chi connectivity index (χ1v) is 13.0. The van der Waals surface area contributed by atoms with Gasteiger partial charge in [-0.2, -0.15) is 5.26 Å². The van der Waals surface area contributed by atoms with Gasteiger partial charge in [-0.1, -0.05) is 42.5 Å². The molecular weight excluding hydrogens is 516 g/mol. The number of esters is 2. The van der Waals surface area contributed by atoms with E-state index in [1.807, 2.05) is 36.4 Å². The Labute approximate surface area is 229 Å². The molecule has 9 heteroatoms. The van der Waals surface area contributed by atoms with Crippen molar-refractivity contribution in [2.45, 2.75) is 13.8 Å². The summed E-state index contributed by atoms with van der Waals surface area (Å²) in [5.74, 6) is -0.900. The Hall–Kier alpha value is -4.94. The van der Waals surface area contributed by atoms with E-state index >= 15 is 0 Å². The van der Waals surface area contributed by atoms with E-state index in [9.17, 15) is 19.6 Å². The number of hydrogen-bond acceptors (Lipinski definition) is 8. The van der Waals surface area contributed by atoms with Gasteiger partial charge in [-0.15, -0.1) is 11.3 Å². The van der Waals surface area contributed by atoms with Gasteiger partial charge in [0, 0.05) is 22.6 Å². The van der Waals surface area contributed by atoms with E-state index in [-0.39, 0.29) is 35.1 Å². The summed E-state index contributed by atoms with van der Waals surface area (Å²) >= 11 is 1.17. The molecule has 2 heterocycles. The molecule has 4 aromatic rings. The molecule has 0 aliphatic heterocycles. The van der Waals surface area contributed by atoms with Crippen molar-refractivity contribution in [3.05, 3.63) is 94.6 Å². The highest BCUT2D eigenvalue weighted by molar-refractivity contribution is 7.15. The average molecular weight is 541 g/mol. The van der Waals surface area contributed by atoms with Crippen LogP contribution in [0.15, 0.2) is 82.1 Å². The van der Waals surface area contributed by atoms with Gasteiger partial charge in [0.05, 0.1) is 18.8 Å². The molecule has 0 spiro atoms. The second-order valence-electron chi connectivity index (χ2n) is 8.06. The number of rotatable bonds is 9. The number of benzene rings is 2. The molecule has 2 aromatic carbocycles. The van der Waals surface area contributed by atoms with Crippen LogP contribution in [-0.2, 0) is 14.3 Å². The molecule has 1 amide bonds. The van der Waals surface area contributed by atoms with Gasteiger partial charge in [0.25, 0.3) is 5.91 Å². The number of carbonyl (C=O) groups excluding carboxylic acids is 3. The van der Waals surface area contributed by atoms with Crippen molar-refractivity contribution in [3.63, 3.8) is 0 Å². The minimum Gasteiger partial charge on any atom is -0.462 e. The van der Waals surface area contributed by atoms with E-state index in [0.717, 1.165) is 5.56 Å². The van der Waals surface area contributed by atoms with Crippen molar-refractivity contribution in [2.24, 2.45) is 0 Å². The lowest BCUT2D eigenvalue weighted by molar-refractivity contribution is -0.112. The molecular formula is C30H24N2O6S. The highest BCUT2D eigenvalue weighted by Gasteiger charge is 2.24. The first-order valence-electron chi connectivity index (χ1n) is 12.1. The van der Waals surface area contributed by atoms with Gasteiger partial charge in [0.15, 0.2) is 0 Å². The SMILES string of the molecule is CCOC(=O)c1ccc(-c2ccc(/C=C(\C#N)C(=O)Nc3scc(-c4ccccc4)c3C(=O)OCC)o2)cc1. The first kappa shape index (κ1) is 27.1. The quantitative estimate of drug-likeness (QED) is 0.145. The van der Waals surface area contributed by atoms with Crippen LogP contribution >= 0.6 is 11.3 Å². The Bertz CT molecular complexity index is 1560. The summed E-state index contributed by atoms with van der Waals surface area (Å²) in [5, 5.41) is 14.4. The fraction of sp³-hybridized carbons (Fsp3) is 0.133. The van der Waals surface area contributed by atoms with Crippen LogP contribution < -0.4 is 5.32 Å². The predicted molar refractivity (Wildman–Crippen MR) is 148 cm³/mol.